The van der Waals surface area contributed by atoms with Gasteiger partial charge in [0, 0.05) is 27.7 Å². The molecule has 0 amide bonds. The fraction of sp³-hybridized carbons (Fsp3) is 0.150. The normalized spacial score (nSPS) is 14.4. The standard InChI is InChI=1S/C20H12BrF3N4O2/c1-2-28-9-25-18-13(8-26-27-19(18)28)10-3-4-15(22)12(5-10)11-6-16-17(7-14(11)21)30-20(23,24)29-16/h3-9H,2H2,1H3. The maximum absolute atomic E-state index is 14.7. The van der Waals surface area contributed by atoms with Gasteiger partial charge < -0.3 is 14.0 Å². The largest absolute Gasteiger partial charge is 0.586 e. The molecule has 2 aromatic carbocycles. The number of imidazole rings is 1. The lowest BCUT2D eigenvalue weighted by Gasteiger charge is -2.10. The van der Waals surface area contributed by atoms with Crippen LogP contribution in [0.15, 0.2) is 47.3 Å². The number of hydrogen-bond donors (Lipinski definition) is 0. The second-order valence-corrected chi connectivity index (χ2v) is 7.46. The van der Waals surface area contributed by atoms with Gasteiger partial charge in [0.15, 0.2) is 17.1 Å². The van der Waals surface area contributed by atoms with E-state index in [-0.39, 0.29) is 17.1 Å². The first kappa shape index (κ1) is 18.9. The molecule has 0 radical (unpaired) electrons. The van der Waals surface area contributed by atoms with Crippen LogP contribution in [0.4, 0.5) is 13.2 Å². The van der Waals surface area contributed by atoms with Gasteiger partial charge in [-0.3, -0.25) is 0 Å². The maximum atomic E-state index is 14.7. The van der Waals surface area contributed by atoms with Crippen molar-refractivity contribution in [2.45, 2.75) is 19.8 Å². The van der Waals surface area contributed by atoms with E-state index >= 15 is 0 Å². The number of benzene rings is 2. The molecule has 0 spiro atoms. The second kappa shape index (κ2) is 6.69. The molecule has 0 bridgehead atoms. The zero-order chi connectivity index (χ0) is 21.0. The molecule has 0 atom stereocenters. The van der Waals surface area contributed by atoms with E-state index in [2.05, 4.69) is 40.6 Å². The Hall–Kier alpha value is -3.14. The first-order valence-corrected chi connectivity index (χ1v) is 9.72. The quantitative estimate of drug-likeness (QED) is 0.396. The molecular weight excluding hydrogens is 465 g/mol. The molecule has 0 N–H and O–H groups in total. The van der Waals surface area contributed by atoms with Crippen molar-refractivity contribution in [1.82, 2.24) is 19.7 Å². The molecule has 5 rings (SSSR count). The van der Waals surface area contributed by atoms with Gasteiger partial charge in [-0.15, -0.1) is 13.9 Å². The number of nitrogens with zero attached hydrogens (tertiary/aromatic N) is 4. The third-order valence-corrected chi connectivity index (χ3v) is 5.46. The van der Waals surface area contributed by atoms with E-state index in [1.807, 2.05) is 11.5 Å². The van der Waals surface area contributed by atoms with E-state index in [0.717, 1.165) is 0 Å². The summed E-state index contributed by atoms with van der Waals surface area (Å²) in [5.41, 5.74) is 3.12. The number of ether oxygens (including phenoxy) is 2. The summed E-state index contributed by atoms with van der Waals surface area (Å²) in [7, 11) is 0. The molecule has 3 heterocycles. The number of hydrogen-bond acceptors (Lipinski definition) is 5. The Morgan fingerprint density at radius 1 is 1.07 bits per heavy atom. The van der Waals surface area contributed by atoms with Gasteiger partial charge in [0.2, 0.25) is 0 Å². The van der Waals surface area contributed by atoms with E-state index in [9.17, 15) is 13.2 Å². The summed E-state index contributed by atoms with van der Waals surface area (Å²) in [4.78, 5) is 4.41. The Bertz CT molecular complexity index is 1310. The molecule has 0 unspecified atom stereocenters. The Labute approximate surface area is 176 Å². The zero-order valence-corrected chi connectivity index (χ0v) is 17.0. The molecule has 152 valence electrons. The predicted octanol–water partition coefficient (Wildman–Crippen LogP) is 5.40. The van der Waals surface area contributed by atoms with Crippen molar-refractivity contribution in [3.8, 4) is 33.8 Å². The van der Waals surface area contributed by atoms with Crippen LogP contribution in [0.5, 0.6) is 11.5 Å². The summed E-state index contributed by atoms with van der Waals surface area (Å²) in [6.45, 7) is 2.64. The molecule has 1 aliphatic heterocycles. The third-order valence-electron chi connectivity index (χ3n) is 4.80. The minimum absolute atomic E-state index is 0.127. The van der Waals surface area contributed by atoms with Crippen LogP contribution in [-0.4, -0.2) is 26.0 Å². The molecule has 30 heavy (non-hydrogen) atoms. The van der Waals surface area contributed by atoms with Gasteiger partial charge >= 0.3 is 6.29 Å². The van der Waals surface area contributed by atoms with Gasteiger partial charge in [0.25, 0.3) is 0 Å². The van der Waals surface area contributed by atoms with Crippen molar-refractivity contribution >= 4 is 27.1 Å². The summed E-state index contributed by atoms with van der Waals surface area (Å²) in [5, 5.41) is 8.17. The summed E-state index contributed by atoms with van der Waals surface area (Å²) >= 11 is 3.31. The molecule has 0 saturated heterocycles. The Morgan fingerprint density at radius 3 is 2.60 bits per heavy atom. The lowest BCUT2D eigenvalue weighted by atomic mass is 9.98. The van der Waals surface area contributed by atoms with Crippen LogP contribution in [0.2, 0.25) is 0 Å². The summed E-state index contributed by atoms with van der Waals surface area (Å²) in [6.07, 6.45) is -0.531. The number of alkyl halides is 2. The van der Waals surface area contributed by atoms with Crippen LogP contribution >= 0.6 is 15.9 Å². The lowest BCUT2D eigenvalue weighted by Crippen LogP contribution is -2.25. The van der Waals surface area contributed by atoms with E-state index in [0.29, 0.717) is 38.9 Å². The predicted molar refractivity (Wildman–Crippen MR) is 106 cm³/mol. The van der Waals surface area contributed by atoms with Crippen molar-refractivity contribution in [2.24, 2.45) is 0 Å². The van der Waals surface area contributed by atoms with Crippen LogP contribution < -0.4 is 9.47 Å². The fourth-order valence-electron chi connectivity index (χ4n) is 3.39. The van der Waals surface area contributed by atoms with Crippen molar-refractivity contribution in [3.63, 3.8) is 0 Å². The van der Waals surface area contributed by atoms with Crippen molar-refractivity contribution in [2.75, 3.05) is 0 Å². The molecular formula is C20H12BrF3N4O2. The molecule has 10 heteroatoms. The van der Waals surface area contributed by atoms with E-state index in [1.54, 1.807) is 24.7 Å². The van der Waals surface area contributed by atoms with E-state index in [4.69, 9.17) is 0 Å². The topological polar surface area (TPSA) is 62.1 Å². The fourth-order valence-corrected chi connectivity index (χ4v) is 3.93. The first-order valence-electron chi connectivity index (χ1n) is 8.92. The van der Waals surface area contributed by atoms with E-state index in [1.165, 1.54) is 18.2 Å². The van der Waals surface area contributed by atoms with E-state index < -0.39 is 12.1 Å². The molecule has 0 fully saturated rings. The summed E-state index contributed by atoms with van der Waals surface area (Å²) in [5.74, 6) is -0.822. The highest BCUT2D eigenvalue weighted by molar-refractivity contribution is 9.10. The number of halogens is 4. The average molecular weight is 477 g/mol. The summed E-state index contributed by atoms with van der Waals surface area (Å²) < 4.78 is 52.7. The van der Waals surface area contributed by atoms with Crippen molar-refractivity contribution < 1.29 is 22.6 Å². The van der Waals surface area contributed by atoms with Crippen LogP contribution in [0, 0.1) is 5.82 Å². The molecule has 4 aromatic rings. The number of rotatable bonds is 3. The minimum atomic E-state index is -3.76. The Morgan fingerprint density at radius 2 is 1.83 bits per heavy atom. The maximum Gasteiger partial charge on any atom is 0.586 e. The van der Waals surface area contributed by atoms with Crippen LogP contribution in [0.25, 0.3) is 33.4 Å². The van der Waals surface area contributed by atoms with Gasteiger partial charge in [-0.2, -0.15) is 5.10 Å². The van der Waals surface area contributed by atoms with Gasteiger partial charge in [-0.1, -0.05) is 22.0 Å². The highest BCUT2D eigenvalue weighted by atomic mass is 79.9. The highest BCUT2D eigenvalue weighted by Crippen LogP contribution is 2.47. The van der Waals surface area contributed by atoms with Crippen molar-refractivity contribution in [1.29, 1.82) is 0 Å². The first-order chi connectivity index (χ1) is 14.4. The molecule has 0 aliphatic carbocycles. The number of fused-ring (bicyclic) bond motifs is 2. The lowest BCUT2D eigenvalue weighted by molar-refractivity contribution is -0.286. The Balaban J connectivity index is 1.66. The smallest absolute Gasteiger partial charge is 0.395 e. The van der Waals surface area contributed by atoms with Gasteiger partial charge in [0.1, 0.15) is 11.3 Å². The molecule has 1 aliphatic rings. The average Bonchev–Trinajstić information content (AvgIpc) is 3.26. The SMILES string of the molecule is CCn1cnc2c(-c3ccc(F)c(-c4cc5c(cc4Br)OC(F)(F)O5)c3)cnnc21. The summed E-state index contributed by atoms with van der Waals surface area (Å²) in [6, 6.07) is 7.16. The number of aryl methyl sites for hydroxylation is 1. The highest BCUT2D eigenvalue weighted by Gasteiger charge is 2.43. The van der Waals surface area contributed by atoms with Crippen LogP contribution in [0.3, 0.4) is 0 Å². The Kier molecular flexibility index (Phi) is 4.21. The molecule has 0 saturated carbocycles. The second-order valence-electron chi connectivity index (χ2n) is 6.60. The number of aromatic nitrogens is 4. The third kappa shape index (κ3) is 2.98. The van der Waals surface area contributed by atoms with Crippen molar-refractivity contribution in [3.05, 3.63) is 53.1 Å². The monoisotopic (exact) mass is 476 g/mol. The zero-order valence-electron chi connectivity index (χ0n) is 15.4. The van der Waals surface area contributed by atoms with Gasteiger partial charge in [0.05, 0.1) is 12.5 Å². The van der Waals surface area contributed by atoms with Crippen LogP contribution in [-0.2, 0) is 6.54 Å². The molecule has 2 aromatic heterocycles. The minimum Gasteiger partial charge on any atom is -0.395 e. The van der Waals surface area contributed by atoms with Crippen LogP contribution in [0.1, 0.15) is 6.92 Å². The molecule has 6 nitrogen and oxygen atoms in total. The van der Waals surface area contributed by atoms with Gasteiger partial charge in [-0.05, 0) is 36.8 Å². The van der Waals surface area contributed by atoms with Gasteiger partial charge in [-0.25, -0.2) is 9.37 Å².